The van der Waals surface area contributed by atoms with E-state index in [1.165, 1.54) is 0 Å². The number of hydrogen-bond donors (Lipinski definition) is 0. The van der Waals surface area contributed by atoms with Gasteiger partial charge in [0.15, 0.2) is 171 Å². The summed E-state index contributed by atoms with van der Waals surface area (Å²) in [5.41, 5.74) is -8.49. The lowest BCUT2D eigenvalue weighted by Crippen LogP contribution is -2.17. The van der Waals surface area contributed by atoms with Crippen LogP contribution in [0.5, 0.6) is 0 Å². The Morgan fingerprint density at radius 3 is 0.721 bits per heavy atom. The number of halogens is 19. The zero-order chi connectivity index (χ0) is 45.0. The molecular weight excluding hydrogens is 996 g/mol. The number of aromatic nitrogens is 4. The van der Waals surface area contributed by atoms with Gasteiger partial charge in [-0.25, -0.2) is 83.4 Å². The fourth-order valence-corrected chi connectivity index (χ4v) is 13.3. The molecule has 320 valence electrons. The molecule has 61 heavy (non-hydrogen) atoms. The maximum absolute atomic E-state index is 15.6. The first-order valence-electron chi connectivity index (χ1n) is 15.2. The number of nitrogens with zero attached hydrogens (tertiary/aromatic N) is 5. The lowest BCUT2D eigenvalue weighted by Gasteiger charge is -2.20. The van der Waals surface area contributed by atoms with Gasteiger partial charge < -0.3 is 0 Å². The molecule has 0 bridgehead atoms. The molecular formula is C31H3F19N5S6+. The zero-order valence-electron chi connectivity index (χ0n) is 27.9. The van der Waals surface area contributed by atoms with Crippen LogP contribution >= 0.6 is 72.2 Å². The van der Waals surface area contributed by atoms with E-state index in [0.717, 1.165) is 0 Å². The molecule has 0 radical (unpaired) electrons. The van der Waals surface area contributed by atoms with Crippen molar-refractivity contribution in [1.29, 1.82) is 0 Å². The average Bonchev–Trinajstić information content (AvgIpc) is 3.92. The second-order valence-corrected chi connectivity index (χ2v) is 18.5. The lowest BCUT2D eigenvalue weighted by atomic mass is 10.1. The minimum Gasteiger partial charge on any atom is -0.270 e. The van der Waals surface area contributed by atoms with E-state index >= 15 is 30.7 Å². The monoisotopic (exact) mass is 998 g/mol. The normalized spacial score (nSPS) is 14.2. The number of benzene rings is 4. The quantitative estimate of drug-likeness (QED) is 0.0435. The van der Waals surface area contributed by atoms with Gasteiger partial charge in [0.05, 0.1) is 5.69 Å². The highest BCUT2D eigenvalue weighted by molar-refractivity contribution is 8.31. The molecule has 0 saturated carbocycles. The maximum Gasteiger partial charge on any atom is 0.200 e. The van der Waals surface area contributed by atoms with Crippen molar-refractivity contribution in [3.63, 3.8) is 0 Å². The fraction of sp³-hybridized carbons (Fsp3) is 0.0323. The van der Waals surface area contributed by atoms with Crippen molar-refractivity contribution in [3.8, 4) is 22.7 Å². The number of rotatable bonds is 4. The van der Waals surface area contributed by atoms with Gasteiger partial charge in [-0.1, -0.05) is 2.10 Å². The molecule has 0 unspecified atom stereocenters. The highest BCUT2D eigenvalue weighted by Gasteiger charge is 2.59. The van der Waals surface area contributed by atoms with Crippen LogP contribution in [0.2, 0.25) is 0 Å². The van der Waals surface area contributed by atoms with E-state index in [-0.39, 0.29) is 66.1 Å². The molecule has 6 aromatic rings. The molecule has 1 spiro atoms. The van der Waals surface area contributed by atoms with E-state index in [2.05, 4.69) is 0 Å². The van der Waals surface area contributed by atoms with Crippen molar-refractivity contribution < 1.29 is 85.5 Å². The minimum atomic E-state index is -2.74. The number of hydrogen-bond acceptors (Lipinski definition) is 6. The third kappa shape index (κ3) is 5.73. The number of imidazole rings is 2. The predicted molar refractivity (Wildman–Crippen MR) is 179 cm³/mol. The summed E-state index contributed by atoms with van der Waals surface area (Å²) in [6, 6.07) is 0. The standard InChI is InChI=1S/C31H3F19N5S6/c1-2-3(32)4(33)8(37)15(44)22(2)51-26-27(52(30(51)56)23-16(45)9(38)5(34)10(39)17(23)46)59-55(58-26)60-28-29(61-55)54(25-20(49)13(42)7(36)14(43)21(25)50)31(57)53(28)24-18(47)11(40)6(35)12(41)19(24)48/h1H3/q+1. The van der Waals surface area contributed by atoms with Gasteiger partial charge in [-0.15, -0.1) is 0 Å². The van der Waals surface area contributed by atoms with Crippen LogP contribution in [-0.2, 0) is 0 Å². The Morgan fingerprint density at radius 1 is 0.295 bits per heavy atom. The van der Waals surface area contributed by atoms with Crippen molar-refractivity contribution in [2.45, 2.75) is 27.0 Å². The van der Waals surface area contributed by atoms with Crippen molar-refractivity contribution >= 4 is 72.2 Å². The van der Waals surface area contributed by atoms with Gasteiger partial charge >= 0.3 is 0 Å². The largest absolute Gasteiger partial charge is 0.270 e. The van der Waals surface area contributed by atoms with Crippen molar-refractivity contribution in [2.75, 3.05) is 0 Å². The molecule has 2 aliphatic heterocycles. The van der Waals surface area contributed by atoms with Gasteiger partial charge in [0.25, 0.3) is 0 Å². The second-order valence-electron chi connectivity index (χ2n) is 11.9. The van der Waals surface area contributed by atoms with Gasteiger partial charge in [0.1, 0.15) is 17.1 Å². The van der Waals surface area contributed by atoms with E-state index in [9.17, 15) is 52.7 Å². The summed E-state index contributed by atoms with van der Waals surface area (Å²) >= 11 is 10.5. The topological polar surface area (TPSA) is 19.7 Å². The van der Waals surface area contributed by atoms with Crippen molar-refractivity contribution in [2.24, 2.45) is 0 Å². The molecule has 0 fully saturated rings. The van der Waals surface area contributed by atoms with Crippen LogP contribution in [0.15, 0.2) is 20.1 Å². The van der Waals surface area contributed by atoms with Gasteiger partial charge in [0.2, 0.25) is 17.5 Å². The summed E-state index contributed by atoms with van der Waals surface area (Å²) < 4.78 is 278. The molecule has 5 nitrogen and oxygen atoms in total. The van der Waals surface area contributed by atoms with E-state index in [1.807, 2.05) is 0 Å². The fourth-order valence-electron chi connectivity index (χ4n) is 5.94. The molecule has 30 heteroatoms. The Hall–Kier alpha value is -4.23. The molecule has 0 amide bonds. The SMILES string of the molecule is Cc1c(F)c(F)c(F)c(F)c1-n1c2c(n(-c3c(F)c(F)c(F)c(F)c3F)c1=S)S[N+]1(S2)Sc2c(n(-c3c(F)c(F)c(F)c(F)c3F)c(=S)n2-c2c(F)c(F)c(F)c(F)c2F)S1. The number of fused-ring (bicyclic) bond motifs is 2. The van der Waals surface area contributed by atoms with Gasteiger partial charge in [0, 0.05) is 5.56 Å². The Morgan fingerprint density at radius 2 is 0.475 bits per heavy atom. The van der Waals surface area contributed by atoms with Crippen LogP contribution in [0, 0.1) is 127 Å². The third-order valence-corrected chi connectivity index (χ3v) is 15.4. The summed E-state index contributed by atoms with van der Waals surface area (Å²) in [5.74, 6) is -49.2. The lowest BCUT2D eigenvalue weighted by molar-refractivity contribution is -0.268. The maximum atomic E-state index is 15.6. The third-order valence-electron chi connectivity index (χ3n) is 8.66. The summed E-state index contributed by atoms with van der Waals surface area (Å²) in [6.07, 6.45) is 0. The first kappa shape index (κ1) is 43.4. The second kappa shape index (κ2) is 14.4. The molecule has 4 aromatic carbocycles. The van der Waals surface area contributed by atoms with E-state index in [0.29, 0.717) is 6.92 Å². The molecule has 2 aromatic heterocycles. The predicted octanol–water partition coefficient (Wildman–Crippen LogP) is 12.8. The highest BCUT2D eigenvalue weighted by atomic mass is 32.3. The van der Waals surface area contributed by atoms with Gasteiger partial charge in [-0.3, -0.25) is 18.3 Å². The molecule has 2 aliphatic rings. The molecule has 0 atom stereocenters. The summed E-state index contributed by atoms with van der Waals surface area (Å²) in [4.78, 5) is 0. The van der Waals surface area contributed by atoms with Crippen LogP contribution < -0.4 is 0 Å². The van der Waals surface area contributed by atoms with Crippen LogP contribution in [0.1, 0.15) is 5.56 Å². The number of quaternary nitrogens is 1. The Labute approximate surface area is 350 Å². The molecule has 8 rings (SSSR count). The minimum absolute atomic E-state index is 0.00248. The van der Waals surface area contributed by atoms with Gasteiger partial charge in [-0.05, 0) is 31.4 Å². The first-order valence-corrected chi connectivity index (χ1v) is 19.1. The van der Waals surface area contributed by atoms with E-state index in [4.69, 9.17) is 24.4 Å². The van der Waals surface area contributed by atoms with E-state index in [1.54, 1.807) is 0 Å². The van der Waals surface area contributed by atoms with E-state index < -0.39 is 171 Å². The van der Waals surface area contributed by atoms with Crippen LogP contribution in [-0.4, -0.2) is 20.4 Å². The van der Waals surface area contributed by atoms with Crippen molar-refractivity contribution in [3.05, 3.63) is 126 Å². The Kier molecular flexibility index (Phi) is 10.3. The highest BCUT2D eigenvalue weighted by Crippen LogP contribution is 2.72. The average molecular weight is 999 g/mol. The smallest absolute Gasteiger partial charge is 0.200 e. The Bertz CT molecular complexity index is 2650. The summed E-state index contributed by atoms with van der Waals surface area (Å²) in [7, 11) is 0. The van der Waals surface area contributed by atoms with Crippen molar-refractivity contribution in [1.82, 2.24) is 18.3 Å². The summed E-state index contributed by atoms with van der Waals surface area (Å²) in [5, 5.41) is -3.68. The van der Waals surface area contributed by atoms with Crippen LogP contribution in [0.25, 0.3) is 22.7 Å². The first-order chi connectivity index (χ1) is 28.4. The zero-order valence-corrected chi connectivity index (χ0v) is 32.8. The van der Waals surface area contributed by atoms with Crippen LogP contribution in [0.4, 0.5) is 83.4 Å². The Balaban J connectivity index is 1.45. The molecule has 4 heterocycles. The van der Waals surface area contributed by atoms with Crippen LogP contribution in [0.3, 0.4) is 0 Å². The molecule has 0 aliphatic carbocycles. The summed E-state index contributed by atoms with van der Waals surface area (Å²) in [6.45, 7) is 0.623. The molecule has 0 saturated heterocycles. The van der Waals surface area contributed by atoms with Gasteiger partial charge in [-0.2, -0.15) is 0 Å². The molecule has 0 N–H and O–H groups in total.